The molecule has 1 aliphatic rings. The maximum Gasteiger partial charge on any atom is 0.0771 e. The highest BCUT2D eigenvalue weighted by molar-refractivity contribution is 8.35. The normalized spacial score (nSPS) is 21.6. The van der Waals surface area contributed by atoms with E-state index in [9.17, 15) is 5.11 Å². The van der Waals surface area contributed by atoms with Crippen LogP contribution in [0.4, 0.5) is 0 Å². The molecule has 2 N–H and O–H groups in total. The summed E-state index contributed by atoms with van der Waals surface area (Å²) in [5.41, 5.74) is 0. The topological polar surface area (TPSA) is 32.3 Å². The highest BCUT2D eigenvalue weighted by atomic mass is 32.3. The Hall–Kier alpha value is 0.270. The summed E-state index contributed by atoms with van der Waals surface area (Å²) in [7, 11) is 1.21. The van der Waals surface area contributed by atoms with E-state index in [2.05, 4.69) is 46.9 Å². The average molecular weight is 332 g/mol. The molecule has 0 aromatic heterocycles. The van der Waals surface area contributed by atoms with E-state index in [1.807, 2.05) is 7.05 Å². The fourth-order valence-electron chi connectivity index (χ4n) is 4.85. The van der Waals surface area contributed by atoms with Crippen LogP contribution >= 0.6 is 10.0 Å². The second-order valence-electron chi connectivity index (χ2n) is 8.00. The first-order valence-electron chi connectivity index (χ1n) is 9.40. The molecule has 1 saturated carbocycles. The molecule has 2 atom stereocenters. The highest BCUT2D eigenvalue weighted by Crippen LogP contribution is 2.60. The van der Waals surface area contributed by atoms with Gasteiger partial charge in [0.1, 0.15) is 0 Å². The Balaban J connectivity index is 2.90. The first-order chi connectivity index (χ1) is 10.3. The molecule has 0 aromatic carbocycles. The number of nitrogens with one attached hydrogen (secondary N) is 1. The van der Waals surface area contributed by atoms with Crippen molar-refractivity contribution in [3.05, 3.63) is 0 Å². The minimum absolute atomic E-state index is 0.199. The third kappa shape index (κ3) is 4.42. The van der Waals surface area contributed by atoms with Crippen molar-refractivity contribution >= 4 is 10.0 Å². The molecular formula is C19H41NOS. The molecule has 0 bridgehead atoms. The van der Waals surface area contributed by atoms with Crippen LogP contribution in [0.5, 0.6) is 0 Å². The number of aliphatic hydroxyl groups excluding tert-OH is 1. The monoisotopic (exact) mass is 331 g/mol. The lowest BCUT2D eigenvalue weighted by atomic mass is 9.82. The van der Waals surface area contributed by atoms with Crippen LogP contribution in [0.15, 0.2) is 0 Å². The minimum atomic E-state index is -0.829. The van der Waals surface area contributed by atoms with E-state index >= 15 is 0 Å². The molecule has 0 heterocycles. The van der Waals surface area contributed by atoms with Crippen molar-refractivity contribution in [1.29, 1.82) is 0 Å². The fourth-order valence-corrected chi connectivity index (χ4v) is 10.1. The Morgan fingerprint density at radius 2 is 1.36 bits per heavy atom. The molecule has 2 nitrogen and oxygen atoms in total. The molecule has 22 heavy (non-hydrogen) atoms. The molecule has 134 valence electrons. The van der Waals surface area contributed by atoms with Crippen LogP contribution in [0.25, 0.3) is 0 Å². The van der Waals surface area contributed by atoms with Crippen molar-refractivity contribution in [2.24, 2.45) is 5.92 Å². The summed E-state index contributed by atoms with van der Waals surface area (Å²) in [5.74, 6) is 1.67. The zero-order valence-electron chi connectivity index (χ0n) is 16.1. The van der Waals surface area contributed by atoms with Crippen LogP contribution in [0.1, 0.15) is 73.6 Å². The van der Waals surface area contributed by atoms with Crippen molar-refractivity contribution in [2.45, 2.75) is 102 Å². The van der Waals surface area contributed by atoms with Gasteiger partial charge in [0, 0.05) is 11.8 Å². The van der Waals surface area contributed by atoms with Crippen LogP contribution in [-0.2, 0) is 0 Å². The maximum atomic E-state index is 11.1. The van der Waals surface area contributed by atoms with E-state index in [1.54, 1.807) is 0 Å². The number of hydrogen-bond donors (Lipinski definition) is 2. The first kappa shape index (κ1) is 20.3. The Morgan fingerprint density at radius 1 is 0.909 bits per heavy atom. The minimum Gasteiger partial charge on any atom is -0.391 e. The molecular weight excluding hydrogens is 290 g/mol. The van der Waals surface area contributed by atoms with Gasteiger partial charge in [0.2, 0.25) is 0 Å². The first-order valence-corrected chi connectivity index (χ1v) is 11.4. The van der Waals surface area contributed by atoms with E-state index in [-0.39, 0.29) is 12.1 Å². The Bertz CT molecular complexity index is 289. The molecule has 1 unspecified atom stereocenters. The van der Waals surface area contributed by atoms with Crippen LogP contribution in [0.2, 0.25) is 0 Å². The standard InChI is InChI=1S/C19H41NOS/c1-14(2)22(15(3)4,16(5)6)13-18(21)19(20-7)17-11-9-8-10-12-17/h14-21H,8-13H2,1-7H3/t18-,19?/m1/s1. The lowest BCUT2D eigenvalue weighted by molar-refractivity contribution is 0.105. The van der Waals surface area contributed by atoms with E-state index in [4.69, 9.17) is 0 Å². The van der Waals surface area contributed by atoms with Gasteiger partial charge in [0.15, 0.2) is 0 Å². The van der Waals surface area contributed by atoms with Gasteiger partial charge in [-0.1, -0.05) is 60.8 Å². The van der Waals surface area contributed by atoms with Gasteiger partial charge in [-0.3, -0.25) is 0 Å². The smallest absolute Gasteiger partial charge is 0.0771 e. The van der Waals surface area contributed by atoms with Crippen molar-refractivity contribution in [3.8, 4) is 0 Å². The predicted octanol–water partition coefficient (Wildman–Crippen LogP) is 4.55. The molecule has 1 fully saturated rings. The van der Waals surface area contributed by atoms with Crippen molar-refractivity contribution in [1.82, 2.24) is 5.32 Å². The van der Waals surface area contributed by atoms with Crippen LogP contribution in [-0.4, -0.2) is 45.8 Å². The fraction of sp³-hybridized carbons (Fsp3) is 1.00. The average Bonchev–Trinajstić information content (AvgIpc) is 2.45. The third-order valence-corrected chi connectivity index (χ3v) is 12.2. The molecule has 0 amide bonds. The molecule has 1 rings (SSSR count). The lowest BCUT2D eigenvalue weighted by Gasteiger charge is -2.53. The van der Waals surface area contributed by atoms with Gasteiger partial charge in [0.25, 0.3) is 0 Å². The zero-order valence-corrected chi connectivity index (χ0v) is 16.9. The van der Waals surface area contributed by atoms with Gasteiger partial charge in [0.05, 0.1) is 6.10 Å². The molecule has 0 radical (unpaired) electrons. The second kappa shape index (κ2) is 8.94. The number of rotatable bonds is 8. The summed E-state index contributed by atoms with van der Waals surface area (Å²) in [5, 5.41) is 16.6. The Labute approximate surface area is 141 Å². The van der Waals surface area contributed by atoms with Gasteiger partial charge >= 0.3 is 0 Å². The van der Waals surface area contributed by atoms with Crippen molar-refractivity contribution in [3.63, 3.8) is 0 Å². The largest absolute Gasteiger partial charge is 0.391 e. The molecule has 3 heteroatoms. The summed E-state index contributed by atoms with van der Waals surface area (Å²) in [4.78, 5) is 0. The van der Waals surface area contributed by atoms with E-state index < -0.39 is 10.0 Å². The predicted molar refractivity (Wildman–Crippen MR) is 103 cm³/mol. The SMILES string of the molecule is CNC(C1CCCCC1)[C@H](O)CS(C(C)C)(C(C)C)C(C)C. The van der Waals surface area contributed by atoms with Crippen LogP contribution < -0.4 is 5.32 Å². The van der Waals surface area contributed by atoms with Crippen LogP contribution in [0, 0.1) is 5.92 Å². The summed E-state index contributed by atoms with van der Waals surface area (Å²) in [6.07, 6.45) is 6.43. The van der Waals surface area contributed by atoms with Crippen molar-refractivity contribution in [2.75, 3.05) is 12.8 Å². The van der Waals surface area contributed by atoms with E-state index in [1.165, 1.54) is 32.1 Å². The number of hydrogen-bond acceptors (Lipinski definition) is 2. The Kier molecular flexibility index (Phi) is 8.25. The van der Waals surface area contributed by atoms with Crippen LogP contribution in [0.3, 0.4) is 0 Å². The number of likely N-dealkylation sites (N-methyl/N-ethyl adjacent to an activating group) is 1. The van der Waals surface area contributed by atoms with Gasteiger partial charge in [-0.05, 0) is 41.6 Å². The van der Waals surface area contributed by atoms with Gasteiger partial charge in [-0.25, -0.2) is 10.0 Å². The molecule has 0 spiro atoms. The highest BCUT2D eigenvalue weighted by Gasteiger charge is 2.39. The van der Waals surface area contributed by atoms with E-state index in [0.29, 0.717) is 21.7 Å². The van der Waals surface area contributed by atoms with Gasteiger partial charge in [-0.15, -0.1) is 0 Å². The Morgan fingerprint density at radius 3 is 1.73 bits per heavy atom. The lowest BCUT2D eigenvalue weighted by Crippen LogP contribution is -2.49. The van der Waals surface area contributed by atoms with Crippen molar-refractivity contribution < 1.29 is 5.11 Å². The summed E-state index contributed by atoms with van der Waals surface area (Å²) < 4.78 is 0. The molecule has 0 saturated heterocycles. The summed E-state index contributed by atoms with van der Waals surface area (Å²) in [6.45, 7) is 14.2. The van der Waals surface area contributed by atoms with E-state index in [0.717, 1.165) is 5.75 Å². The summed E-state index contributed by atoms with van der Waals surface area (Å²) in [6, 6.07) is 0.281. The summed E-state index contributed by atoms with van der Waals surface area (Å²) >= 11 is 0. The van der Waals surface area contributed by atoms with Gasteiger partial charge < -0.3 is 10.4 Å². The quantitative estimate of drug-likeness (QED) is 0.684. The third-order valence-electron chi connectivity index (χ3n) is 6.00. The molecule has 0 aromatic rings. The molecule has 1 aliphatic carbocycles. The molecule has 0 aliphatic heterocycles. The maximum absolute atomic E-state index is 11.1. The second-order valence-corrected chi connectivity index (χ2v) is 13.0. The zero-order chi connectivity index (χ0) is 16.9. The number of aliphatic hydroxyl groups is 1. The van der Waals surface area contributed by atoms with Gasteiger partial charge in [-0.2, -0.15) is 0 Å².